The molecule has 0 radical (unpaired) electrons. The van der Waals surface area contributed by atoms with Crippen molar-refractivity contribution in [1.82, 2.24) is 16.0 Å². The van der Waals surface area contributed by atoms with Crippen LogP contribution in [0.3, 0.4) is 0 Å². The lowest BCUT2D eigenvalue weighted by Gasteiger charge is -2.24. The number of hydrogen-bond acceptors (Lipinski definition) is 8. The van der Waals surface area contributed by atoms with Gasteiger partial charge in [0.15, 0.2) is 6.04 Å². The minimum Gasteiger partial charge on any atom is -0.508 e. The highest BCUT2D eigenvalue weighted by Gasteiger charge is 2.31. The molecule has 0 spiro atoms. The summed E-state index contributed by atoms with van der Waals surface area (Å²) in [5, 5.41) is 35.5. The first-order chi connectivity index (χ1) is 15.5. The molecule has 12 heteroatoms. The fourth-order valence-electron chi connectivity index (χ4n) is 2.78. The second kappa shape index (κ2) is 13.7. The molecule has 0 saturated carbocycles. The Morgan fingerprint density at radius 2 is 1.61 bits per heavy atom. The Labute approximate surface area is 196 Å². The van der Waals surface area contributed by atoms with E-state index in [0.717, 1.165) is 0 Å². The van der Waals surface area contributed by atoms with Crippen molar-refractivity contribution in [2.24, 2.45) is 5.73 Å². The van der Waals surface area contributed by atoms with Crippen LogP contribution in [-0.2, 0) is 25.6 Å². The Balaban J connectivity index is 2.94. The summed E-state index contributed by atoms with van der Waals surface area (Å²) in [7, 11) is 0. The van der Waals surface area contributed by atoms with Gasteiger partial charge in [0.2, 0.25) is 17.7 Å². The third kappa shape index (κ3) is 9.68. The van der Waals surface area contributed by atoms with Crippen LogP contribution in [-0.4, -0.2) is 81.3 Å². The van der Waals surface area contributed by atoms with Gasteiger partial charge < -0.3 is 37.0 Å². The van der Waals surface area contributed by atoms with Crippen LogP contribution < -0.4 is 21.7 Å². The van der Waals surface area contributed by atoms with Gasteiger partial charge in [-0.2, -0.15) is 11.8 Å². The average Bonchev–Trinajstić information content (AvgIpc) is 2.75. The van der Waals surface area contributed by atoms with Crippen LogP contribution in [0.4, 0.5) is 0 Å². The molecule has 11 nitrogen and oxygen atoms in total. The van der Waals surface area contributed by atoms with E-state index in [1.807, 2.05) is 6.26 Å². The van der Waals surface area contributed by atoms with Crippen LogP contribution in [0.5, 0.6) is 5.75 Å². The lowest BCUT2D eigenvalue weighted by molar-refractivity contribution is -0.145. The normalized spacial score (nSPS) is 15.4. The van der Waals surface area contributed by atoms with Gasteiger partial charge in [0.1, 0.15) is 17.8 Å². The second-order valence-electron chi connectivity index (χ2n) is 7.62. The van der Waals surface area contributed by atoms with Gasteiger partial charge in [0.05, 0.1) is 12.1 Å². The summed E-state index contributed by atoms with van der Waals surface area (Å²) in [4.78, 5) is 49.0. The molecule has 0 bridgehead atoms. The van der Waals surface area contributed by atoms with Crippen molar-refractivity contribution in [2.75, 3.05) is 12.0 Å². The van der Waals surface area contributed by atoms with E-state index < -0.39 is 54.0 Å². The molecule has 5 atom stereocenters. The molecule has 0 fully saturated rings. The van der Waals surface area contributed by atoms with Gasteiger partial charge >= 0.3 is 5.97 Å². The molecule has 0 heterocycles. The van der Waals surface area contributed by atoms with Crippen molar-refractivity contribution in [3.8, 4) is 5.75 Å². The zero-order valence-corrected chi connectivity index (χ0v) is 19.6. The number of aromatic hydroxyl groups is 1. The Morgan fingerprint density at radius 1 is 1.00 bits per heavy atom. The van der Waals surface area contributed by atoms with E-state index in [2.05, 4.69) is 16.0 Å². The molecule has 1 aromatic carbocycles. The maximum atomic E-state index is 12.8. The van der Waals surface area contributed by atoms with Gasteiger partial charge in [-0.05, 0) is 50.0 Å². The van der Waals surface area contributed by atoms with E-state index in [-0.39, 0.29) is 12.2 Å². The molecule has 184 valence electrons. The van der Waals surface area contributed by atoms with Crippen molar-refractivity contribution in [3.63, 3.8) is 0 Å². The number of benzene rings is 1. The number of phenolic OH excluding ortho intramolecular Hbond substituents is 1. The molecule has 1 rings (SSSR count). The number of rotatable bonds is 13. The van der Waals surface area contributed by atoms with Crippen molar-refractivity contribution in [2.45, 2.75) is 57.0 Å². The second-order valence-corrected chi connectivity index (χ2v) is 8.60. The number of aliphatic hydroxyl groups is 1. The van der Waals surface area contributed by atoms with Crippen LogP contribution in [0.15, 0.2) is 24.3 Å². The molecule has 0 saturated heterocycles. The number of carbonyl (C=O) groups excluding carboxylic acids is 3. The summed E-state index contributed by atoms with van der Waals surface area (Å²) < 4.78 is 0. The maximum absolute atomic E-state index is 12.8. The molecule has 0 aliphatic carbocycles. The summed E-state index contributed by atoms with van der Waals surface area (Å²) in [5.74, 6) is -2.77. The van der Waals surface area contributed by atoms with Crippen molar-refractivity contribution >= 4 is 35.5 Å². The first-order valence-corrected chi connectivity index (χ1v) is 11.7. The monoisotopic (exact) mass is 484 g/mol. The highest BCUT2D eigenvalue weighted by atomic mass is 32.2. The first kappa shape index (κ1) is 28.2. The third-order valence-electron chi connectivity index (χ3n) is 4.78. The summed E-state index contributed by atoms with van der Waals surface area (Å²) in [5.41, 5.74) is 6.38. The van der Waals surface area contributed by atoms with Gasteiger partial charge in [-0.3, -0.25) is 14.4 Å². The maximum Gasteiger partial charge on any atom is 0.328 e. The molecule has 8 N–H and O–H groups in total. The number of amides is 3. The molecule has 0 aromatic heterocycles. The fourth-order valence-corrected chi connectivity index (χ4v) is 3.27. The van der Waals surface area contributed by atoms with Crippen LogP contribution in [0.25, 0.3) is 0 Å². The average molecular weight is 485 g/mol. The molecule has 1 aromatic rings. The van der Waals surface area contributed by atoms with Gasteiger partial charge in [-0.25, -0.2) is 4.79 Å². The third-order valence-corrected chi connectivity index (χ3v) is 5.42. The SMILES string of the molecule is CSCCC(N)C(=O)NC(C)C(=O)NC(Cc1ccc(O)cc1)C(=O)NC(C(=O)O)C(C)O. The highest BCUT2D eigenvalue weighted by molar-refractivity contribution is 7.98. The Kier molecular flexibility index (Phi) is 11.7. The number of carbonyl (C=O) groups is 4. The topological polar surface area (TPSA) is 191 Å². The minimum atomic E-state index is -1.58. The minimum absolute atomic E-state index is 0.0120. The van der Waals surface area contributed by atoms with Gasteiger partial charge in [-0.1, -0.05) is 12.1 Å². The van der Waals surface area contributed by atoms with E-state index in [1.54, 1.807) is 12.1 Å². The quantitative estimate of drug-likeness (QED) is 0.183. The number of aliphatic carboxylic acids is 1. The first-order valence-electron chi connectivity index (χ1n) is 10.3. The number of nitrogens with one attached hydrogen (secondary N) is 3. The Hall–Kier alpha value is -2.83. The number of phenols is 1. The van der Waals surface area contributed by atoms with E-state index in [0.29, 0.717) is 17.7 Å². The Morgan fingerprint density at radius 3 is 2.12 bits per heavy atom. The van der Waals surface area contributed by atoms with E-state index >= 15 is 0 Å². The molecule has 0 aliphatic heterocycles. The number of aliphatic hydroxyl groups excluding tert-OH is 1. The summed E-state index contributed by atoms with van der Waals surface area (Å²) in [6, 6.07) is 1.30. The number of carboxylic acids is 1. The standard InChI is InChI=1S/C21H32N4O7S/c1-11(23-19(29)15(22)8-9-33-3)18(28)24-16(10-13-4-6-14(27)7-5-13)20(30)25-17(12(2)26)21(31)32/h4-7,11-12,15-17,26-27H,8-10,22H2,1-3H3,(H,23,29)(H,24,28)(H,25,30)(H,31,32). The highest BCUT2D eigenvalue weighted by Crippen LogP contribution is 2.12. The number of carboxylic acid groups (broad SMARTS) is 1. The Bertz CT molecular complexity index is 819. The van der Waals surface area contributed by atoms with E-state index in [4.69, 9.17) is 5.73 Å². The van der Waals surface area contributed by atoms with Crippen molar-refractivity contribution < 1.29 is 34.5 Å². The lowest BCUT2D eigenvalue weighted by Crippen LogP contribution is -2.58. The zero-order chi connectivity index (χ0) is 25.1. The van der Waals surface area contributed by atoms with Gasteiger partial charge in [-0.15, -0.1) is 0 Å². The summed E-state index contributed by atoms with van der Waals surface area (Å²) in [6.45, 7) is 2.64. The smallest absolute Gasteiger partial charge is 0.328 e. The van der Waals surface area contributed by atoms with Crippen LogP contribution >= 0.6 is 11.8 Å². The van der Waals surface area contributed by atoms with Crippen LogP contribution in [0.1, 0.15) is 25.8 Å². The van der Waals surface area contributed by atoms with Crippen molar-refractivity contribution in [1.29, 1.82) is 0 Å². The molecular formula is C21H32N4O7S. The number of thioether (sulfide) groups is 1. The van der Waals surface area contributed by atoms with Crippen molar-refractivity contribution in [3.05, 3.63) is 29.8 Å². The summed E-state index contributed by atoms with van der Waals surface area (Å²) in [6.07, 6.45) is 0.908. The fraction of sp³-hybridized carbons (Fsp3) is 0.524. The molecule has 33 heavy (non-hydrogen) atoms. The van der Waals surface area contributed by atoms with Gasteiger partial charge in [0, 0.05) is 6.42 Å². The number of nitrogens with two attached hydrogens (primary N) is 1. The van der Waals surface area contributed by atoms with E-state index in [1.165, 1.54) is 37.7 Å². The molecule has 0 aliphatic rings. The van der Waals surface area contributed by atoms with Crippen LogP contribution in [0, 0.1) is 0 Å². The largest absolute Gasteiger partial charge is 0.508 e. The molecule has 3 amide bonds. The van der Waals surface area contributed by atoms with E-state index in [9.17, 15) is 34.5 Å². The summed E-state index contributed by atoms with van der Waals surface area (Å²) >= 11 is 1.54. The van der Waals surface area contributed by atoms with Gasteiger partial charge in [0.25, 0.3) is 0 Å². The zero-order valence-electron chi connectivity index (χ0n) is 18.8. The van der Waals surface area contributed by atoms with Crippen LogP contribution in [0.2, 0.25) is 0 Å². The number of hydrogen-bond donors (Lipinski definition) is 7. The molecule has 5 unspecified atom stereocenters. The predicted octanol–water partition coefficient (Wildman–Crippen LogP) is -1.05. The predicted molar refractivity (Wildman–Crippen MR) is 124 cm³/mol. The lowest BCUT2D eigenvalue weighted by atomic mass is 10.0. The molecular weight excluding hydrogens is 452 g/mol.